The summed E-state index contributed by atoms with van der Waals surface area (Å²) in [5.41, 5.74) is 2.08. The summed E-state index contributed by atoms with van der Waals surface area (Å²) in [7, 11) is 0. The number of benzene rings is 1. The van der Waals surface area contributed by atoms with Crippen LogP contribution in [0, 0.1) is 12.8 Å². The molecular weight excluding hydrogens is 306 g/mol. The Kier molecular flexibility index (Phi) is 5.23. The summed E-state index contributed by atoms with van der Waals surface area (Å²) < 4.78 is 5.91. The molecule has 6 nitrogen and oxygen atoms in total. The summed E-state index contributed by atoms with van der Waals surface area (Å²) in [6.07, 6.45) is 4.05. The Morgan fingerprint density at radius 1 is 1.33 bits per heavy atom. The topological polar surface area (TPSA) is 79.5 Å². The molecule has 1 aromatic carbocycles. The van der Waals surface area contributed by atoms with Crippen LogP contribution < -0.4 is 20.7 Å². The second-order valence-corrected chi connectivity index (χ2v) is 6.68. The number of nitrogens with one attached hydrogen (secondary N) is 3. The number of amides is 3. The molecule has 0 radical (unpaired) electrons. The summed E-state index contributed by atoms with van der Waals surface area (Å²) in [5.74, 6) is 1.40. The molecule has 0 aromatic heterocycles. The van der Waals surface area contributed by atoms with E-state index in [4.69, 9.17) is 4.74 Å². The Labute approximate surface area is 142 Å². The molecule has 0 spiro atoms. The number of piperidine rings is 1. The van der Waals surface area contributed by atoms with Crippen LogP contribution in [0.2, 0.25) is 0 Å². The van der Waals surface area contributed by atoms with Crippen LogP contribution in [0.15, 0.2) is 18.2 Å². The molecule has 6 heteroatoms. The van der Waals surface area contributed by atoms with Crippen molar-refractivity contribution in [1.82, 2.24) is 16.0 Å². The van der Waals surface area contributed by atoms with Crippen LogP contribution in [0.25, 0.3) is 0 Å². The van der Waals surface area contributed by atoms with E-state index in [9.17, 15) is 9.59 Å². The molecule has 2 fully saturated rings. The molecule has 130 valence electrons. The molecule has 1 aromatic rings. The Balaban J connectivity index is 1.52. The minimum absolute atomic E-state index is 0.111. The first-order chi connectivity index (χ1) is 11.6. The summed E-state index contributed by atoms with van der Waals surface area (Å²) in [6.45, 7) is 3.82. The highest BCUT2D eigenvalue weighted by atomic mass is 16.5. The Bertz CT molecular complexity index is 614. The maximum atomic E-state index is 12.0. The van der Waals surface area contributed by atoms with Crippen LogP contribution in [0.4, 0.5) is 4.79 Å². The fourth-order valence-corrected chi connectivity index (χ4v) is 2.73. The van der Waals surface area contributed by atoms with Crippen molar-refractivity contribution in [3.8, 4) is 5.75 Å². The van der Waals surface area contributed by atoms with E-state index in [1.54, 1.807) is 0 Å². The molecule has 1 aliphatic heterocycles. The van der Waals surface area contributed by atoms with Crippen LogP contribution in [-0.2, 0) is 11.3 Å². The van der Waals surface area contributed by atoms with Crippen LogP contribution in [-0.4, -0.2) is 31.1 Å². The smallest absolute Gasteiger partial charge is 0.315 e. The quantitative estimate of drug-likeness (QED) is 0.744. The van der Waals surface area contributed by atoms with Gasteiger partial charge in [0.2, 0.25) is 5.91 Å². The zero-order valence-electron chi connectivity index (χ0n) is 14.1. The molecule has 3 amide bonds. The SMILES string of the molecule is Cc1ccc(CNC(=O)N[C@@H]2CCCNC2=O)c(OCC2CC2)c1. The lowest BCUT2D eigenvalue weighted by Crippen LogP contribution is -2.52. The van der Waals surface area contributed by atoms with Crippen LogP contribution in [0.5, 0.6) is 5.75 Å². The van der Waals surface area contributed by atoms with E-state index >= 15 is 0 Å². The zero-order chi connectivity index (χ0) is 16.9. The maximum Gasteiger partial charge on any atom is 0.315 e. The summed E-state index contributed by atoms with van der Waals surface area (Å²) in [6, 6.07) is 5.22. The van der Waals surface area contributed by atoms with Gasteiger partial charge in [0.25, 0.3) is 0 Å². The van der Waals surface area contributed by atoms with Gasteiger partial charge in [-0.25, -0.2) is 4.79 Å². The highest BCUT2D eigenvalue weighted by Crippen LogP contribution is 2.30. The number of carbonyl (C=O) groups excluding carboxylic acids is 2. The van der Waals surface area contributed by atoms with Crippen LogP contribution in [0.1, 0.15) is 36.8 Å². The van der Waals surface area contributed by atoms with Crippen LogP contribution in [0.3, 0.4) is 0 Å². The molecule has 3 N–H and O–H groups in total. The first-order valence-electron chi connectivity index (χ1n) is 8.66. The average Bonchev–Trinajstić information content (AvgIpc) is 3.38. The first-order valence-corrected chi connectivity index (χ1v) is 8.66. The molecule has 1 atom stereocenters. The lowest BCUT2D eigenvalue weighted by atomic mass is 10.1. The lowest BCUT2D eigenvalue weighted by molar-refractivity contribution is -0.124. The van der Waals surface area contributed by atoms with E-state index < -0.39 is 6.04 Å². The third-order valence-corrected chi connectivity index (χ3v) is 4.42. The van der Waals surface area contributed by atoms with Crippen LogP contribution >= 0.6 is 0 Å². The molecule has 1 saturated heterocycles. The molecule has 2 aliphatic rings. The fraction of sp³-hybridized carbons (Fsp3) is 0.556. The second kappa shape index (κ2) is 7.55. The maximum absolute atomic E-state index is 12.0. The van der Waals surface area contributed by atoms with Crippen molar-refractivity contribution in [3.05, 3.63) is 29.3 Å². The fourth-order valence-electron chi connectivity index (χ4n) is 2.73. The molecule has 24 heavy (non-hydrogen) atoms. The zero-order valence-corrected chi connectivity index (χ0v) is 14.1. The normalized spacial score (nSPS) is 20.2. The predicted molar refractivity (Wildman–Crippen MR) is 90.8 cm³/mol. The molecule has 0 bridgehead atoms. The van der Waals surface area contributed by atoms with Gasteiger partial charge in [-0.3, -0.25) is 4.79 Å². The van der Waals surface area contributed by atoms with Crippen molar-refractivity contribution in [2.75, 3.05) is 13.2 Å². The van der Waals surface area contributed by atoms with Crippen molar-refractivity contribution in [2.24, 2.45) is 5.92 Å². The number of hydrogen-bond acceptors (Lipinski definition) is 3. The minimum Gasteiger partial charge on any atom is -0.493 e. The Morgan fingerprint density at radius 3 is 2.92 bits per heavy atom. The monoisotopic (exact) mass is 331 g/mol. The van der Waals surface area contributed by atoms with Crippen molar-refractivity contribution < 1.29 is 14.3 Å². The van der Waals surface area contributed by atoms with Gasteiger partial charge in [-0.15, -0.1) is 0 Å². The minimum atomic E-state index is -0.442. The average molecular weight is 331 g/mol. The highest BCUT2D eigenvalue weighted by Gasteiger charge is 2.24. The van der Waals surface area contributed by atoms with Gasteiger partial charge in [0.1, 0.15) is 11.8 Å². The number of urea groups is 1. The first kappa shape index (κ1) is 16.6. The van der Waals surface area contributed by atoms with Crippen molar-refractivity contribution >= 4 is 11.9 Å². The highest BCUT2D eigenvalue weighted by molar-refractivity contribution is 5.87. The number of ether oxygens (including phenoxy) is 1. The van der Waals surface area contributed by atoms with Crippen molar-refractivity contribution in [2.45, 2.75) is 45.2 Å². The van der Waals surface area contributed by atoms with Gasteiger partial charge in [-0.2, -0.15) is 0 Å². The molecular formula is C18H25N3O3. The van der Waals surface area contributed by atoms with Gasteiger partial charge >= 0.3 is 6.03 Å². The summed E-state index contributed by atoms with van der Waals surface area (Å²) >= 11 is 0. The Hall–Kier alpha value is -2.24. The molecule has 1 aliphatic carbocycles. The van der Waals surface area contributed by atoms with Crippen molar-refractivity contribution in [1.29, 1.82) is 0 Å². The molecule has 0 unspecified atom stereocenters. The third-order valence-electron chi connectivity index (χ3n) is 4.42. The number of rotatable bonds is 6. The second-order valence-electron chi connectivity index (χ2n) is 6.68. The van der Waals surface area contributed by atoms with Gasteiger partial charge < -0.3 is 20.7 Å². The van der Waals surface area contributed by atoms with E-state index in [2.05, 4.69) is 16.0 Å². The largest absolute Gasteiger partial charge is 0.493 e. The standard InChI is InChI=1S/C18H25N3O3/c1-12-4-7-14(16(9-12)24-11-13-5-6-13)10-20-18(23)21-15-3-2-8-19-17(15)22/h4,7,9,13,15H,2-3,5-6,8,10-11H2,1H3,(H,19,22)(H2,20,21,23)/t15-/m1/s1. The van der Waals surface area contributed by atoms with Gasteiger partial charge in [-0.05, 0) is 50.2 Å². The third kappa shape index (κ3) is 4.63. The molecule has 1 saturated carbocycles. The van der Waals surface area contributed by atoms with E-state index in [1.807, 2.05) is 25.1 Å². The van der Waals surface area contributed by atoms with Gasteiger partial charge in [0.15, 0.2) is 0 Å². The lowest BCUT2D eigenvalue weighted by Gasteiger charge is -2.23. The van der Waals surface area contributed by atoms with Gasteiger partial charge in [0, 0.05) is 18.7 Å². The van der Waals surface area contributed by atoms with Gasteiger partial charge in [-0.1, -0.05) is 12.1 Å². The number of aryl methyl sites for hydroxylation is 1. The van der Waals surface area contributed by atoms with Crippen molar-refractivity contribution in [3.63, 3.8) is 0 Å². The van der Waals surface area contributed by atoms with E-state index in [0.29, 0.717) is 25.4 Å². The van der Waals surface area contributed by atoms with Gasteiger partial charge in [0.05, 0.1) is 6.61 Å². The van der Waals surface area contributed by atoms with E-state index in [0.717, 1.165) is 29.9 Å². The summed E-state index contributed by atoms with van der Waals surface area (Å²) in [5, 5.41) is 8.31. The molecule has 3 rings (SSSR count). The number of hydrogen-bond donors (Lipinski definition) is 3. The summed E-state index contributed by atoms with van der Waals surface area (Å²) in [4.78, 5) is 23.7. The van der Waals surface area contributed by atoms with E-state index in [1.165, 1.54) is 12.8 Å². The Morgan fingerprint density at radius 2 is 2.17 bits per heavy atom. The van der Waals surface area contributed by atoms with E-state index in [-0.39, 0.29) is 11.9 Å². The molecule has 1 heterocycles. The number of carbonyl (C=O) groups is 2. The predicted octanol–water partition coefficient (Wildman–Crippen LogP) is 1.86.